The lowest BCUT2D eigenvalue weighted by Gasteiger charge is -2.05. The predicted molar refractivity (Wildman–Crippen MR) is 33.0 cm³/mol. The van der Waals surface area contributed by atoms with Crippen LogP contribution in [0.15, 0.2) is 0 Å². The first-order valence-corrected chi connectivity index (χ1v) is 2.93. The third kappa shape index (κ3) is 1.42. The van der Waals surface area contributed by atoms with Crippen LogP contribution < -0.4 is 5.32 Å². The minimum Gasteiger partial charge on any atom is -0.368 e. The molecule has 1 aliphatic rings. The average molecular weight is 132 g/mol. The highest BCUT2D eigenvalue weighted by Crippen LogP contribution is 2.10. The highest BCUT2D eigenvalue weighted by molar-refractivity contribution is 5.80. The third-order valence-electron chi connectivity index (χ3n) is 1.35. The molecular weight excluding hydrogens is 118 g/mol. The molecule has 9 heavy (non-hydrogen) atoms. The van der Waals surface area contributed by atoms with Gasteiger partial charge in [0, 0.05) is 17.7 Å². The van der Waals surface area contributed by atoms with Crippen LogP contribution in [0.3, 0.4) is 0 Å². The van der Waals surface area contributed by atoms with Crippen molar-refractivity contribution in [1.29, 1.82) is 0 Å². The molecule has 1 unspecified atom stereocenters. The number of nitrogens with one attached hydrogen (secondary N) is 1. The molecule has 1 saturated heterocycles. The summed E-state index contributed by atoms with van der Waals surface area (Å²) < 4.78 is 25.3. The van der Waals surface area contributed by atoms with Gasteiger partial charge in [-0.3, -0.25) is 4.79 Å². The molecule has 0 bridgehead atoms. The largest absolute Gasteiger partial charge is 0.368 e. The smallest absolute Gasteiger partial charge is 0.248 e. The molecule has 1 heterocycles. The van der Waals surface area contributed by atoms with E-state index in [0.717, 1.165) is 6.42 Å². The van der Waals surface area contributed by atoms with Crippen molar-refractivity contribution in [1.82, 2.24) is 5.32 Å². The van der Waals surface area contributed by atoms with E-state index in [9.17, 15) is 4.79 Å². The summed E-state index contributed by atoms with van der Waals surface area (Å²) in [6.45, 7) is -1.86. The van der Waals surface area contributed by atoms with Crippen molar-refractivity contribution < 1.29 is 13.6 Å². The third-order valence-corrected chi connectivity index (χ3v) is 1.35. The summed E-state index contributed by atoms with van der Waals surface area (Å²) in [4.78, 5) is 11.1. The van der Waals surface area contributed by atoms with Crippen LogP contribution in [0.5, 0.6) is 0 Å². The molecule has 0 saturated carbocycles. The second-order valence-corrected chi connectivity index (χ2v) is 1.99. The number of amides is 1. The predicted octanol–water partition coefficient (Wildman–Crippen LogP) is -0.0886. The van der Waals surface area contributed by atoms with Gasteiger partial charge in [-0.2, -0.15) is 0 Å². The van der Waals surface area contributed by atoms with Gasteiger partial charge in [-0.05, 0) is 12.8 Å². The molecule has 3 heteroatoms. The monoisotopic (exact) mass is 132 g/mol. The van der Waals surface area contributed by atoms with Crippen LogP contribution in [-0.4, -0.2) is 25.6 Å². The molecule has 0 aromatic heterocycles. The summed E-state index contributed by atoms with van der Waals surface area (Å²) in [5, 5.41) is 1.90. The zero-order chi connectivity index (χ0) is 9.19. The minimum atomic E-state index is -2.40. The molecule has 0 aliphatic carbocycles. The van der Waals surface area contributed by atoms with Crippen LogP contribution in [-0.2, 0) is 9.53 Å². The van der Waals surface area contributed by atoms with E-state index in [0.29, 0.717) is 13.0 Å². The molecule has 1 rings (SSSR count). The fourth-order valence-electron chi connectivity index (χ4n) is 0.865. The normalized spacial score (nSPS) is 32.4. The summed E-state index contributed by atoms with van der Waals surface area (Å²) >= 11 is 0. The number of likely N-dealkylation sites (N-methyl/N-ethyl adjacent to an activating group) is 1. The van der Waals surface area contributed by atoms with Gasteiger partial charge in [0.2, 0.25) is 5.91 Å². The molecule has 1 amide bonds. The van der Waals surface area contributed by atoms with Crippen molar-refractivity contribution in [3.8, 4) is 0 Å². The average Bonchev–Trinajstić information content (AvgIpc) is 2.32. The zero-order valence-corrected chi connectivity index (χ0v) is 5.02. The number of carbonyl (C=O) groups excluding carboxylic acids is 1. The Morgan fingerprint density at radius 2 is 2.89 bits per heavy atom. The number of hydrogen-bond donors (Lipinski definition) is 1. The van der Waals surface area contributed by atoms with E-state index in [1.807, 2.05) is 5.32 Å². The fraction of sp³-hybridized carbons (Fsp3) is 0.833. The van der Waals surface area contributed by atoms with Crippen molar-refractivity contribution in [2.45, 2.75) is 18.9 Å². The van der Waals surface area contributed by atoms with Gasteiger partial charge in [-0.1, -0.05) is 0 Å². The second-order valence-electron chi connectivity index (χ2n) is 1.99. The van der Waals surface area contributed by atoms with Crippen molar-refractivity contribution in [2.24, 2.45) is 0 Å². The summed E-state index contributed by atoms with van der Waals surface area (Å²) in [6, 6.07) is 0. The van der Waals surface area contributed by atoms with Crippen LogP contribution in [0.25, 0.3) is 0 Å². The molecule has 0 aromatic rings. The lowest BCUT2D eigenvalue weighted by molar-refractivity contribution is -0.129. The molecule has 0 spiro atoms. The number of hydrogen-bond acceptors (Lipinski definition) is 2. The fourth-order valence-corrected chi connectivity index (χ4v) is 0.865. The van der Waals surface area contributed by atoms with Gasteiger partial charge >= 0.3 is 0 Å². The maximum Gasteiger partial charge on any atom is 0.248 e. The Bertz CT molecular complexity index is 174. The quantitative estimate of drug-likeness (QED) is 0.541. The van der Waals surface area contributed by atoms with Crippen molar-refractivity contribution in [2.75, 3.05) is 13.6 Å². The molecule has 1 aliphatic heterocycles. The first-order valence-electron chi connectivity index (χ1n) is 4.43. The van der Waals surface area contributed by atoms with Crippen LogP contribution in [0.1, 0.15) is 17.0 Å². The van der Waals surface area contributed by atoms with Gasteiger partial charge in [0.05, 0.1) is 0 Å². The van der Waals surface area contributed by atoms with E-state index in [4.69, 9.17) is 8.85 Å². The standard InChI is InChI=1S/C6H11NO2/c1-7-6(8)5-3-2-4-9-5/h5H,2-4H2,1H3,(H,7,8)/i1D3. The second kappa shape index (κ2) is 2.82. The van der Waals surface area contributed by atoms with Crippen molar-refractivity contribution >= 4 is 5.91 Å². The summed E-state index contributed by atoms with van der Waals surface area (Å²) in [5.74, 6) is -0.535. The van der Waals surface area contributed by atoms with Crippen LogP contribution >= 0.6 is 0 Å². The van der Waals surface area contributed by atoms with Gasteiger partial charge in [0.15, 0.2) is 0 Å². The number of rotatable bonds is 1. The summed E-state index contributed by atoms with van der Waals surface area (Å²) in [6.07, 6.45) is 0.867. The topological polar surface area (TPSA) is 38.3 Å². The van der Waals surface area contributed by atoms with E-state index in [2.05, 4.69) is 0 Å². The van der Waals surface area contributed by atoms with E-state index in [-0.39, 0.29) is 0 Å². The molecular formula is C6H11NO2. The minimum absolute atomic E-state index is 0.535. The van der Waals surface area contributed by atoms with Crippen molar-refractivity contribution in [3.05, 3.63) is 0 Å². The molecule has 3 nitrogen and oxygen atoms in total. The highest BCUT2D eigenvalue weighted by atomic mass is 16.5. The zero-order valence-electron chi connectivity index (χ0n) is 8.02. The van der Waals surface area contributed by atoms with E-state index in [1.54, 1.807) is 0 Å². The van der Waals surface area contributed by atoms with E-state index >= 15 is 0 Å². The van der Waals surface area contributed by atoms with Gasteiger partial charge < -0.3 is 10.1 Å². The maximum absolute atomic E-state index is 11.1. The first kappa shape index (κ1) is 3.56. The number of ether oxygens (including phenoxy) is 1. The van der Waals surface area contributed by atoms with Gasteiger partial charge in [-0.15, -0.1) is 0 Å². The Balaban J connectivity index is 2.37. The molecule has 52 valence electrons. The van der Waals surface area contributed by atoms with Crippen LogP contribution in [0.2, 0.25) is 0 Å². The number of carbonyl (C=O) groups is 1. The highest BCUT2D eigenvalue weighted by Gasteiger charge is 2.21. The molecule has 1 fully saturated rings. The van der Waals surface area contributed by atoms with E-state index < -0.39 is 19.0 Å². The maximum atomic E-state index is 11.1. The van der Waals surface area contributed by atoms with E-state index in [1.165, 1.54) is 0 Å². The SMILES string of the molecule is [2H]C([2H])([2H])NC(=O)C1CCCO1. The Morgan fingerprint density at radius 3 is 3.44 bits per heavy atom. The van der Waals surface area contributed by atoms with Crippen molar-refractivity contribution in [3.63, 3.8) is 0 Å². The molecule has 1 N–H and O–H groups in total. The Morgan fingerprint density at radius 1 is 2.00 bits per heavy atom. The Labute approximate surface area is 58.6 Å². The van der Waals surface area contributed by atoms with Gasteiger partial charge in [0.1, 0.15) is 6.10 Å². The Hall–Kier alpha value is -0.570. The van der Waals surface area contributed by atoms with Crippen LogP contribution in [0, 0.1) is 0 Å². The lowest BCUT2D eigenvalue weighted by Crippen LogP contribution is -2.30. The summed E-state index contributed by atoms with van der Waals surface area (Å²) in [5.41, 5.74) is 0. The lowest BCUT2D eigenvalue weighted by atomic mass is 10.2. The van der Waals surface area contributed by atoms with Gasteiger partial charge in [0.25, 0.3) is 0 Å². The molecule has 1 atom stereocenters. The Kier molecular flexibility index (Phi) is 1.12. The molecule has 0 radical (unpaired) electrons. The first-order chi connectivity index (χ1) is 5.49. The van der Waals surface area contributed by atoms with Crippen LogP contribution in [0.4, 0.5) is 0 Å². The van der Waals surface area contributed by atoms with Gasteiger partial charge in [-0.25, -0.2) is 0 Å². The summed E-state index contributed by atoms with van der Waals surface area (Å²) in [7, 11) is 0. The molecule has 0 aromatic carbocycles.